The second-order valence-electron chi connectivity index (χ2n) is 4.43. The first kappa shape index (κ1) is 13.7. The SMILES string of the molecule is CC(=O)O[C@H](C#N)[C@H](C)N1C(=O)c2ccccc2C1=O. The van der Waals surface area contributed by atoms with Crippen molar-refractivity contribution in [2.24, 2.45) is 0 Å². The van der Waals surface area contributed by atoms with Crippen molar-refractivity contribution in [1.29, 1.82) is 5.26 Å². The summed E-state index contributed by atoms with van der Waals surface area (Å²) in [5.74, 6) is -1.60. The lowest BCUT2D eigenvalue weighted by atomic mass is 10.1. The van der Waals surface area contributed by atoms with Crippen molar-refractivity contribution in [3.05, 3.63) is 35.4 Å². The molecule has 1 aliphatic heterocycles. The molecule has 2 amide bonds. The van der Waals surface area contributed by atoms with Crippen LogP contribution < -0.4 is 0 Å². The van der Waals surface area contributed by atoms with E-state index in [1.165, 1.54) is 13.8 Å². The van der Waals surface area contributed by atoms with Crippen LogP contribution in [0.4, 0.5) is 0 Å². The van der Waals surface area contributed by atoms with Crippen LogP contribution in [0.2, 0.25) is 0 Å². The maximum atomic E-state index is 12.2. The largest absolute Gasteiger partial charge is 0.445 e. The van der Waals surface area contributed by atoms with E-state index >= 15 is 0 Å². The molecule has 2 rings (SSSR count). The summed E-state index contributed by atoms with van der Waals surface area (Å²) >= 11 is 0. The molecule has 0 N–H and O–H groups in total. The van der Waals surface area contributed by atoms with Gasteiger partial charge in [0.2, 0.25) is 6.10 Å². The highest BCUT2D eigenvalue weighted by Gasteiger charge is 2.41. The third-order valence-electron chi connectivity index (χ3n) is 3.09. The predicted octanol–water partition coefficient (Wildman–Crippen LogP) is 1.13. The fraction of sp³-hybridized carbons (Fsp3) is 0.286. The van der Waals surface area contributed by atoms with Crippen LogP contribution >= 0.6 is 0 Å². The number of amides is 2. The summed E-state index contributed by atoms with van der Waals surface area (Å²) in [5, 5.41) is 9.02. The first-order valence-electron chi connectivity index (χ1n) is 6.01. The van der Waals surface area contributed by atoms with Crippen LogP contribution in [-0.2, 0) is 9.53 Å². The van der Waals surface area contributed by atoms with E-state index in [-0.39, 0.29) is 0 Å². The third-order valence-corrected chi connectivity index (χ3v) is 3.09. The minimum absolute atomic E-state index is 0.295. The first-order chi connectivity index (χ1) is 9.47. The molecule has 102 valence electrons. The quantitative estimate of drug-likeness (QED) is 0.608. The van der Waals surface area contributed by atoms with Crippen molar-refractivity contribution < 1.29 is 19.1 Å². The molecule has 20 heavy (non-hydrogen) atoms. The zero-order valence-corrected chi connectivity index (χ0v) is 11.0. The zero-order valence-electron chi connectivity index (χ0n) is 11.0. The van der Waals surface area contributed by atoms with Gasteiger partial charge >= 0.3 is 5.97 Å². The molecule has 6 nitrogen and oxygen atoms in total. The number of carbonyl (C=O) groups is 3. The van der Waals surface area contributed by atoms with Crippen LogP contribution in [-0.4, -0.2) is 34.8 Å². The Morgan fingerprint density at radius 2 is 1.75 bits per heavy atom. The number of hydrogen-bond donors (Lipinski definition) is 0. The molecule has 0 unspecified atom stereocenters. The monoisotopic (exact) mass is 272 g/mol. The Labute approximate surface area is 115 Å². The van der Waals surface area contributed by atoms with Crippen molar-refractivity contribution >= 4 is 17.8 Å². The summed E-state index contributed by atoms with van der Waals surface area (Å²) in [6.07, 6.45) is -1.19. The normalized spacial score (nSPS) is 16.4. The van der Waals surface area contributed by atoms with Gasteiger partial charge in [0.1, 0.15) is 6.07 Å². The van der Waals surface area contributed by atoms with E-state index in [1.807, 2.05) is 0 Å². The maximum Gasteiger partial charge on any atom is 0.304 e. The summed E-state index contributed by atoms with van der Waals surface area (Å²) in [6.45, 7) is 2.66. The van der Waals surface area contributed by atoms with Gasteiger partial charge in [-0.2, -0.15) is 5.26 Å². The molecule has 1 aromatic carbocycles. The Morgan fingerprint density at radius 1 is 1.25 bits per heavy atom. The number of ether oxygens (including phenoxy) is 1. The number of rotatable bonds is 3. The number of fused-ring (bicyclic) bond motifs is 1. The fourth-order valence-corrected chi connectivity index (χ4v) is 2.12. The topological polar surface area (TPSA) is 87.5 Å². The van der Waals surface area contributed by atoms with E-state index in [0.717, 1.165) is 4.90 Å². The van der Waals surface area contributed by atoms with Crippen molar-refractivity contribution in [3.8, 4) is 6.07 Å². The lowest BCUT2D eigenvalue weighted by Gasteiger charge is -2.25. The van der Waals surface area contributed by atoms with Crippen LogP contribution in [0, 0.1) is 11.3 Å². The number of imide groups is 1. The van der Waals surface area contributed by atoms with Crippen molar-refractivity contribution in [2.75, 3.05) is 0 Å². The van der Waals surface area contributed by atoms with E-state index in [1.54, 1.807) is 30.3 Å². The van der Waals surface area contributed by atoms with Gasteiger partial charge in [-0.15, -0.1) is 0 Å². The number of nitrogens with zero attached hydrogens (tertiary/aromatic N) is 2. The standard InChI is InChI=1S/C14H12N2O4/c1-8(12(7-15)20-9(2)17)16-13(18)10-5-3-4-6-11(10)14(16)19/h3-6,8,12H,1-2H3/t8-,12+/m0/s1. The summed E-state index contributed by atoms with van der Waals surface area (Å²) in [6, 6.07) is 7.36. The van der Waals surface area contributed by atoms with Gasteiger partial charge in [-0.05, 0) is 19.1 Å². The predicted molar refractivity (Wildman–Crippen MR) is 67.6 cm³/mol. The summed E-state index contributed by atoms with van der Waals surface area (Å²) in [5.41, 5.74) is 0.590. The lowest BCUT2D eigenvalue weighted by Crippen LogP contribution is -2.46. The van der Waals surface area contributed by atoms with Gasteiger partial charge in [0.15, 0.2) is 0 Å². The molecule has 0 fully saturated rings. The van der Waals surface area contributed by atoms with E-state index in [0.29, 0.717) is 11.1 Å². The second-order valence-corrected chi connectivity index (χ2v) is 4.43. The third kappa shape index (κ3) is 2.14. The minimum atomic E-state index is -1.19. The highest BCUT2D eigenvalue weighted by molar-refractivity contribution is 6.21. The molecular weight excluding hydrogens is 260 g/mol. The number of esters is 1. The molecule has 0 saturated carbocycles. The zero-order chi connectivity index (χ0) is 14.9. The number of benzene rings is 1. The summed E-state index contributed by atoms with van der Waals surface area (Å²) < 4.78 is 4.82. The van der Waals surface area contributed by atoms with Crippen LogP contribution in [0.5, 0.6) is 0 Å². The molecule has 0 saturated heterocycles. The van der Waals surface area contributed by atoms with Crippen molar-refractivity contribution in [1.82, 2.24) is 4.90 Å². The van der Waals surface area contributed by atoms with E-state index in [4.69, 9.17) is 10.00 Å². The fourth-order valence-electron chi connectivity index (χ4n) is 2.12. The van der Waals surface area contributed by atoms with Gasteiger partial charge in [0, 0.05) is 6.92 Å². The van der Waals surface area contributed by atoms with E-state index in [9.17, 15) is 14.4 Å². The average Bonchev–Trinajstić information content (AvgIpc) is 2.68. The van der Waals surface area contributed by atoms with Crippen LogP contribution in [0.25, 0.3) is 0 Å². The number of hydrogen-bond acceptors (Lipinski definition) is 5. The molecule has 1 aliphatic rings. The van der Waals surface area contributed by atoms with Gasteiger partial charge in [0.25, 0.3) is 11.8 Å². The van der Waals surface area contributed by atoms with Crippen LogP contribution in [0.1, 0.15) is 34.6 Å². The maximum absolute atomic E-state index is 12.2. The molecule has 6 heteroatoms. The molecule has 1 aromatic rings. The van der Waals surface area contributed by atoms with Gasteiger partial charge < -0.3 is 4.74 Å². The molecule has 2 atom stereocenters. The highest BCUT2D eigenvalue weighted by atomic mass is 16.5. The molecule has 0 aromatic heterocycles. The van der Waals surface area contributed by atoms with Gasteiger partial charge in [-0.1, -0.05) is 12.1 Å². The summed E-state index contributed by atoms with van der Waals surface area (Å²) in [7, 11) is 0. The lowest BCUT2D eigenvalue weighted by molar-refractivity contribution is -0.145. The Bertz CT molecular complexity index is 597. The summed E-state index contributed by atoms with van der Waals surface area (Å²) in [4.78, 5) is 36.3. The van der Waals surface area contributed by atoms with Crippen molar-refractivity contribution in [2.45, 2.75) is 26.0 Å². The van der Waals surface area contributed by atoms with Crippen LogP contribution in [0.15, 0.2) is 24.3 Å². The molecule has 0 radical (unpaired) electrons. The number of carbonyl (C=O) groups excluding carboxylic acids is 3. The smallest absolute Gasteiger partial charge is 0.304 e. The van der Waals surface area contributed by atoms with Crippen molar-refractivity contribution in [3.63, 3.8) is 0 Å². The minimum Gasteiger partial charge on any atom is -0.445 e. The Kier molecular flexibility index (Phi) is 3.53. The molecule has 1 heterocycles. The van der Waals surface area contributed by atoms with Gasteiger partial charge in [-0.3, -0.25) is 19.3 Å². The second kappa shape index (κ2) is 5.13. The van der Waals surface area contributed by atoms with Gasteiger partial charge in [-0.25, -0.2) is 0 Å². The first-order valence-corrected chi connectivity index (χ1v) is 6.01. The Balaban J connectivity index is 2.31. The average molecular weight is 272 g/mol. The van der Waals surface area contributed by atoms with Gasteiger partial charge in [0.05, 0.1) is 17.2 Å². The Morgan fingerprint density at radius 3 is 2.15 bits per heavy atom. The molecular formula is C14H12N2O4. The highest BCUT2D eigenvalue weighted by Crippen LogP contribution is 2.25. The van der Waals surface area contributed by atoms with E-state index < -0.39 is 29.9 Å². The Hall–Kier alpha value is -2.68. The molecule has 0 bridgehead atoms. The number of nitriles is 1. The van der Waals surface area contributed by atoms with E-state index in [2.05, 4.69) is 0 Å². The molecule has 0 aliphatic carbocycles. The van der Waals surface area contributed by atoms with Crippen LogP contribution in [0.3, 0.4) is 0 Å². The molecule has 0 spiro atoms.